The van der Waals surface area contributed by atoms with Gasteiger partial charge in [-0.1, -0.05) is 27.5 Å². The van der Waals surface area contributed by atoms with Crippen LogP contribution in [0.5, 0.6) is 0 Å². The lowest BCUT2D eigenvalue weighted by Gasteiger charge is -2.38. The molecule has 3 aliphatic heterocycles. The van der Waals surface area contributed by atoms with Crippen LogP contribution in [-0.4, -0.2) is 82.0 Å². The van der Waals surface area contributed by atoms with E-state index in [1.54, 1.807) is 4.90 Å². The quantitative estimate of drug-likeness (QED) is 0.317. The van der Waals surface area contributed by atoms with Crippen LogP contribution in [0.4, 0.5) is 4.79 Å². The van der Waals surface area contributed by atoms with Crippen molar-refractivity contribution >= 4 is 61.4 Å². The van der Waals surface area contributed by atoms with Gasteiger partial charge in [0.15, 0.2) is 0 Å². The lowest BCUT2D eigenvalue weighted by atomic mass is 9.76. The summed E-state index contributed by atoms with van der Waals surface area (Å²) in [6.07, 6.45) is 8.78. The van der Waals surface area contributed by atoms with Gasteiger partial charge in [0.05, 0.1) is 5.69 Å². The number of halogens is 3. The van der Waals surface area contributed by atoms with Crippen LogP contribution in [-0.2, 0) is 27.2 Å². The summed E-state index contributed by atoms with van der Waals surface area (Å²) in [4.78, 5) is 50.2. The zero-order valence-electron chi connectivity index (χ0n) is 27.6. The first-order chi connectivity index (χ1) is 22.4. The van der Waals surface area contributed by atoms with Gasteiger partial charge in [-0.15, -0.1) is 0 Å². The molecule has 1 aliphatic carbocycles. The summed E-state index contributed by atoms with van der Waals surface area (Å²) in [6.45, 7) is 8.81. The van der Waals surface area contributed by atoms with Gasteiger partial charge in [-0.3, -0.25) is 19.5 Å². The summed E-state index contributed by atoms with van der Waals surface area (Å²) >= 11 is 14.0. The third-order valence-corrected chi connectivity index (χ3v) is 11.6. The minimum absolute atomic E-state index is 0.0117. The number of benzene rings is 1. The Kier molecular flexibility index (Phi) is 10.6. The number of hydrogen-bond donors (Lipinski definition) is 0. The Morgan fingerprint density at radius 1 is 0.915 bits per heavy atom. The van der Waals surface area contributed by atoms with Crippen LogP contribution in [0.25, 0.3) is 0 Å². The van der Waals surface area contributed by atoms with Gasteiger partial charge in [0.25, 0.3) is 0 Å². The van der Waals surface area contributed by atoms with Crippen molar-refractivity contribution in [1.29, 1.82) is 0 Å². The summed E-state index contributed by atoms with van der Waals surface area (Å²) in [5.74, 6) is 1.01. The number of ether oxygens (including phenoxy) is 1. The zero-order valence-corrected chi connectivity index (χ0v) is 31.5. The van der Waals surface area contributed by atoms with Gasteiger partial charge < -0.3 is 14.5 Å². The Morgan fingerprint density at radius 3 is 2.30 bits per heavy atom. The number of carbonyl (C=O) groups excluding carboxylic acids is 3. The van der Waals surface area contributed by atoms with Crippen LogP contribution in [0, 0.1) is 11.8 Å². The second-order valence-corrected chi connectivity index (χ2v) is 16.9. The third kappa shape index (κ3) is 7.85. The Balaban J connectivity index is 1.04. The molecular weight excluding hydrogens is 748 g/mol. The first-order valence-corrected chi connectivity index (χ1v) is 19.0. The average Bonchev–Trinajstić information content (AvgIpc) is 3.46. The highest BCUT2D eigenvalue weighted by Gasteiger charge is 2.40. The molecule has 47 heavy (non-hydrogen) atoms. The zero-order chi connectivity index (χ0) is 33.5. The van der Waals surface area contributed by atoms with Gasteiger partial charge >= 0.3 is 6.09 Å². The summed E-state index contributed by atoms with van der Waals surface area (Å²) in [7, 11) is 0. The number of nitrogens with zero attached hydrogens (tertiary/aromatic N) is 4. The predicted octanol–water partition coefficient (Wildman–Crippen LogP) is 7.76. The van der Waals surface area contributed by atoms with Gasteiger partial charge in [0.2, 0.25) is 11.8 Å². The fourth-order valence-corrected chi connectivity index (χ4v) is 9.52. The molecule has 1 aromatic carbocycles. The highest BCUT2D eigenvalue weighted by molar-refractivity contribution is 9.10. The Morgan fingerprint density at radius 2 is 1.60 bits per heavy atom. The smallest absolute Gasteiger partial charge is 0.410 e. The fourth-order valence-electron chi connectivity index (χ4n) is 8.02. The number of pyridine rings is 1. The first kappa shape index (κ1) is 34.7. The molecule has 254 valence electrons. The SMILES string of the molecule is CC(C)(C)OC(=O)N1CCC[C@H]1C(=O)N1CCC(CC(=O)N2CCC([C@H]3c4ncc(Br)cc4CCc4cc(Cl)cc(Br)c43)CC2)CC1. The summed E-state index contributed by atoms with van der Waals surface area (Å²) < 4.78 is 7.60. The molecule has 0 N–H and O–H groups in total. The van der Waals surface area contributed by atoms with Crippen LogP contribution >= 0.6 is 43.5 Å². The highest BCUT2D eigenvalue weighted by Crippen LogP contribution is 2.46. The average molecular weight is 793 g/mol. The molecule has 11 heteroatoms. The monoisotopic (exact) mass is 790 g/mol. The molecule has 0 saturated carbocycles. The van der Waals surface area contributed by atoms with Crippen molar-refractivity contribution in [2.75, 3.05) is 32.7 Å². The van der Waals surface area contributed by atoms with Crippen molar-refractivity contribution in [3.05, 3.63) is 60.7 Å². The van der Waals surface area contributed by atoms with Gasteiger partial charge in [-0.05, 0) is 135 Å². The fraction of sp³-hybridized carbons (Fsp3) is 0.611. The van der Waals surface area contributed by atoms with E-state index in [0.29, 0.717) is 38.4 Å². The van der Waals surface area contributed by atoms with E-state index in [1.807, 2.05) is 37.9 Å². The molecule has 6 rings (SSSR count). The Labute approximate surface area is 300 Å². The molecule has 3 fully saturated rings. The van der Waals surface area contributed by atoms with Crippen LogP contribution in [0.1, 0.15) is 94.0 Å². The van der Waals surface area contributed by atoms with Crippen molar-refractivity contribution in [1.82, 2.24) is 19.7 Å². The molecule has 4 aliphatic rings. The standard InChI is InChI=1S/C36H45Br2ClN4O4/c1-36(2,3)47-35(46)43-12-4-5-29(43)34(45)42-13-8-22(9-14-42)17-30(44)41-15-10-23(11-16-41)32-31-24(19-27(39)20-28(31)38)6-7-25-18-26(37)21-40-33(25)32/h18-23,29,32H,4-17H2,1-3H3/t29-,32+/m0/s1. The Hall–Kier alpha value is -2.17. The van der Waals surface area contributed by atoms with Crippen LogP contribution in [0.15, 0.2) is 33.3 Å². The van der Waals surface area contributed by atoms with Gasteiger partial charge in [-0.2, -0.15) is 0 Å². The predicted molar refractivity (Wildman–Crippen MR) is 190 cm³/mol. The van der Waals surface area contributed by atoms with E-state index in [9.17, 15) is 14.4 Å². The summed E-state index contributed by atoms with van der Waals surface area (Å²) in [6, 6.07) is 5.86. The molecular formula is C36H45Br2ClN4O4. The molecule has 8 nitrogen and oxygen atoms in total. The molecule has 0 bridgehead atoms. The number of aryl methyl sites for hydroxylation is 2. The van der Waals surface area contributed by atoms with E-state index >= 15 is 0 Å². The van der Waals surface area contributed by atoms with Crippen molar-refractivity contribution in [2.45, 2.75) is 96.1 Å². The molecule has 2 atom stereocenters. The molecule has 2 aromatic rings. The maximum atomic E-state index is 13.5. The van der Waals surface area contributed by atoms with E-state index in [4.69, 9.17) is 21.3 Å². The number of rotatable bonds is 4. The van der Waals surface area contributed by atoms with Crippen LogP contribution in [0.2, 0.25) is 5.02 Å². The number of amides is 3. The minimum atomic E-state index is -0.597. The summed E-state index contributed by atoms with van der Waals surface area (Å²) in [5, 5.41) is 0.742. The van der Waals surface area contributed by atoms with Crippen molar-refractivity contribution in [3.8, 4) is 0 Å². The molecule has 3 saturated heterocycles. The lowest BCUT2D eigenvalue weighted by Crippen LogP contribution is -2.51. The summed E-state index contributed by atoms with van der Waals surface area (Å²) in [5.41, 5.74) is 4.39. The highest BCUT2D eigenvalue weighted by atomic mass is 79.9. The second-order valence-electron chi connectivity index (χ2n) is 14.7. The van der Waals surface area contributed by atoms with Crippen molar-refractivity contribution < 1.29 is 19.1 Å². The molecule has 0 unspecified atom stereocenters. The molecule has 0 spiro atoms. The number of likely N-dealkylation sites (tertiary alicyclic amines) is 3. The number of fused-ring (bicyclic) bond motifs is 2. The van der Waals surface area contributed by atoms with Crippen LogP contribution < -0.4 is 0 Å². The second kappa shape index (κ2) is 14.4. The van der Waals surface area contributed by atoms with Gasteiger partial charge in [0, 0.05) is 65.2 Å². The number of aromatic nitrogens is 1. The van der Waals surface area contributed by atoms with E-state index in [1.165, 1.54) is 16.7 Å². The van der Waals surface area contributed by atoms with Gasteiger partial charge in [0.1, 0.15) is 11.6 Å². The Bertz CT molecular complexity index is 1520. The number of piperidine rings is 2. The molecule has 3 amide bonds. The first-order valence-electron chi connectivity index (χ1n) is 17.1. The lowest BCUT2D eigenvalue weighted by molar-refractivity contribution is -0.138. The maximum Gasteiger partial charge on any atom is 0.410 e. The molecule has 1 aromatic heterocycles. The van der Waals surface area contributed by atoms with Crippen molar-refractivity contribution in [3.63, 3.8) is 0 Å². The normalized spacial score (nSPS) is 22.5. The largest absolute Gasteiger partial charge is 0.444 e. The van der Waals surface area contributed by atoms with E-state index in [-0.39, 0.29) is 23.7 Å². The third-order valence-electron chi connectivity index (χ3n) is 10.3. The van der Waals surface area contributed by atoms with Gasteiger partial charge in [-0.25, -0.2) is 4.79 Å². The topological polar surface area (TPSA) is 83.0 Å². The van der Waals surface area contributed by atoms with E-state index in [0.717, 1.165) is 77.7 Å². The number of hydrogen-bond acceptors (Lipinski definition) is 5. The van der Waals surface area contributed by atoms with Crippen LogP contribution in [0.3, 0.4) is 0 Å². The van der Waals surface area contributed by atoms with Crippen molar-refractivity contribution in [2.24, 2.45) is 11.8 Å². The maximum absolute atomic E-state index is 13.5. The van der Waals surface area contributed by atoms with E-state index in [2.05, 4.69) is 48.9 Å². The minimum Gasteiger partial charge on any atom is -0.444 e. The van der Waals surface area contributed by atoms with E-state index < -0.39 is 17.7 Å². The number of carbonyl (C=O) groups is 3. The molecule has 4 heterocycles. The molecule has 0 radical (unpaired) electrons.